The first kappa shape index (κ1) is 17.1. The molecule has 1 aliphatic carbocycles. The van der Waals surface area contributed by atoms with Gasteiger partial charge in [0.2, 0.25) is 0 Å². The third kappa shape index (κ3) is 2.85. The number of carboxylic acid groups (broad SMARTS) is 1. The first-order valence-corrected chi connectivity index (χ1v) is 8.65. The fourth-order valence-corrected chi connectivity index (χ4v) is 4.23. The number of methoxy groups -OCH3 is 2. The van der Waals surface area contributed by atoms with E-state index in [0.29, 0.717) is 34.6 Å². The molecule has 1 aromatic carbocycles. The van der Waals surface area contributed by atoms with Gasteiger partial charge in [-0.05, 0) is 52.7 Å². The van der Waals surface area contributed by atoms with Crippen molar-refractivity contribution in [3.05, 3.63) is 22.2 Å². The second-order valence-electron chi connectivity index (χ2n) is 6.44. The Balaban J connectivity index is 1.72. The average molecular weight is 398 g/mol. The van der Waals surface area contributed by atoms with Gasteiger partial charge in [0.1, 0.15) is 0 Å². The summed E-state index contributed by atoms with van der Waals surface area (Å²) in [5, 5.41) is 9.15. The summed E-state index contributed by atoms with van der Waals surface area (Å²) in [6, 6.07) is 3.40. The van der Waals surface area contributed by atoms with Crippen LogP contribution in [0.15, 0.2) is 16.6 Å². The summed E-state index contributed by atoms with van der Waals surface area (Å²) >= 11 is 3.40. The lowest BCUT2D eigenvalue weighted by molar-refractivity contribution is -0.139. The molecule has 1 saturated carbocycles. The number of rotatable bonds is 4. The van der Waals surface area contributed by atoms with E-state index in [1.807, 2.05) is 0 Å². The molecule has 6 nitrogen and oxygen atoms in total. The fourth-order valence-electron chi connectivity index (χ4n) is 3.63. The third-order valence-electron chi connectivity index (χ3n) is 5.21. The number of nitrogens with zero attached hydrogens (tertiary/aromatic N) is 1. The highest BCUT2D eigenvalue weighted by molar-refractivity contribution is 9.10. The first-order valence-electron chi connectivity index (χ1n) is 7.85. The van der Waals surface area contributed by atoms with Crippen molar-refractivity contribution in [1.29, 1.82) is 0 Å². The van der Waals surface area contributed by atoms with E-state index in [1.54, 1.807) is 24.1 Å². The second-order valence-corrected chi connectivity index (χ2v) is 7.30. The molecule has 7 heteroatoms. The number of carbonyl (C=O) groups excluding carboxylic acids is 1. The van der Waals surface area contributed by atoms with E-state index in [-0.39, 0.29) is 17.2 Å². The quantitative estimate of drug-likeness (QED) is 0.844. The number of benzene rings is 1. The molecule has 1 amide bonds. The van der Waals surface area contributed by atoms with Gasteiger partial charge in [-0.2, -0.15) is 0 Å². The zero-order valence-corrected chi connectivity index (χ0v) is 15.3. The lowest BCUT2D eigenvalue weighted by Crippen LogP contribution is -2.40. The molecule has 0 radical (unpaired) electrons. The van der Waals surface area contributed by atoms with Crippen LogP contribution in [0.2, 0.25) is 0 Å². The van der Waals surface area contributed by atoms with E-state index >= 15 is 0 Å². The summed E-state index contributed by atoms with van der Waals surface area (Å²) in [6.45, 7) is 1.18. The normalized spacial score (nSPS) is 21.5. The summed E-state index contributed by atoms with van der Waals surface area (Å²) in [6.07, 6.45) is 2.25. The zero-order chi connectivity index (χ0) is 17.5. The molecule has 0 bridgehead atoms. The van der Waals surface area contributed by atoms with E-state index in [2.05, 4.69) is 15.9 Å². The molecule has 1 N–H and O–H groups in total. The number of hydrogen-bond donors (Lipinski definition) is 1. The predicted octanol–water partition coefficient (Wildman–Crippen LogP) is 2.79. The Labute approximate surface area is 148 Å². The van der Waals surface area contributed by atoms with Crippen molar-refractivity contribution in [2.24, 2.45) is 11.3 Å². The van der Waals surface area contributed by atoms with E-state index in [1.165, 1.54) is 7.11 Å². The summed E-state index contributed by atoms with van der Waals surface area (Å²) in [4.78, 5) is 25.7. The molecule has 1 aliphatic heterocycles. The average Bonchev–Trinajstić information content (AvgIpc) is 3.28. The molecule has 2 aliphatic rings. The minimum Gasteiger partial charge on any atom is -0.493 e. The van der Waals surface area contributed by atoms with Crippen LogP contribution >= 0.6 is 15.9 Å². The molecular weight excluding hydrogens is 378 g/mol. The zero-order valence-electron chi connectivity index (χ0n) is 13.7. The van der Waals surface area contributed by atoms with Crippen molar-refractivity contribution in [3.8, 4) is 11.5 Å². The maximum Gasteiger partial charge on any atom is 0.307 e. The Morgan fingerprint density at radius 3 is 2.42 bits per heavy atom. The molecule has 1 saturated heterocycles. The van der Waals surface area contributed by atoms with E-state index in [4.69, 9.17) is 14.6 Å². The highest BCUT2D eigenvalue weighted by atomic mass is 79.9. The number of carboxylic acids is 1. The highest BCUT2D eigenvalue weighted by Crippen LogP contribution is 2.59. The van der Waals surface area contributed by atoms with Crippen LogP contribution < -0.4 is 9.47 Å². The molecule has 3 rings (SSSR count). The molecule has 1 atom stereocenters. The smallest absolute Gasteiger partial charge is 0.307 e. The van der Waals surface area contributed by atoms with Crippen molar-refractivity contribution in [1.82, 2.24) is 4.90 Å². The number of hydrogen-bond acceptors (Lipinski definition) is 4. The van der Waals surface area contributed by atoms with Crippen LogP contribution in [0.3, 0.4) is 0 Å². The summed E-state index contributed by atoms with van der Waals surface area (Å²) < 4.78 is 11.2. The van der Waals surface area contributed by atoms with E-state index < -0.39 is 5.97 Å². The Bertz CT molecular complexity index is 682. The maximum absolute atomic E-state index is 12.8. The number of piperidine rings is 1. The molecule has 1 unspecified atom stereocenters. The van der Waals surface area contributed by atoms with Crippen molar-refractivity contribution in [2.45, 2.75) is 19.3 Å². The topological polar surface area (TPSA) is 76.1 Å². The molecule has 1 spiro atoms. The minimum atomic E-state index is -0.710. The molecule has 0 aromatic heterocycles. The van der Waals surface area contributed by atoms with Crippen LogP contribution in [0.25, 0.3) is 0 Å². The Kier molecular flexibility index (Phi) is 4.46. The van der Waals surface area contributed by atoms with Crippen LogP contribution in [0.1, 0.15) is 29.6 Å². The predicted molar refractivity (Wildman–Crippen MR) is 90.6 cm³/mol. The van der Waals surface area contributed by atoms with Gasteiger partial charge >= 0.3 is 5.97 Å². The second kappa shape index (κ2) is 6.27. The van der Waals surface area contributed by atoms with Crippen LogP contribution in [0.4, 0.5) is 0 Å². The first-order chi connectivity index (χ1) is 11.4. The van der Waals surface area contributed by atoms with Gasteiger partial charge < -0.3 is 19.5 Å². The fraction of sp³-hybridized carbons (Fsp3) is 0.529. The van der Waals surface area contributed by atoms with Gasteiger partial charge in [0, 0.05) is 18.7 Å². The minimum absolute atomic E-state index is 0.0703. The van der Waals surface area contributed by atoms with Crippen molar-refractivity contribution < 1.29 is 24.2 Å². The number of aliphatic carboxylic acids is 1. The largest absolute Gasteiger partial charge is 0.493 e. The molecule has 24 heavy (non-hydrogen) atoms. The van der Waals surface area contributed by atoms with E-state index in [9.17, 15) is 9.59 Å². The van der Waals surface area contributed by atoms with Gasteiger partial charge in [0.05, 0.1) is 24.6 Å². The molecule has 1 aromatic rings. The summed E-state index contributed by atoms with van der Waals surface area (Å²) in [5.41, 5.74) is 0.446. The molecule has 130 valence electrons. The Hall–Kier alpha value is -1.76. The Morgan fingerprint density at radius 2 is 1.92 bits per heavy atom. The highest BCUT2D eigenvalue weighted by Gasteiger charge is 2.59. The summed E-state index contributed by atoms with van der Waals surface area (Å²) in [7, 11) is 3.07. The molecular formula is C17H20BrNO5. The van der Waals surface area contributed by atoms with Crippen molar-refractivity contribution in [3.63, 3.8) is 0 Å². The van der Waals surface area contributed by atoms with Crippen LogP contribution in [0.5, 0.6) is 11.5 Å². The third-order valence-corrected chi connectivity index (χ3v) is 5.80. The van der Waals surface area contributed by atoms with Gasteiger partial charge in [-0.1, -0.05) is 0 Å². The SMILES string of the molecule is COc1cc(C(=O)N2CCC3(CC2)CC3C(=O)O)cc(Br)c1OC. The van der Waals surface area contributed by atoms with Crippen molar-refractivity contribution in [2.75, 3.05) is 27.3 Å². The van der Waals surface area contributed by atoms with Gasteiger partial charge in [0.15, 0.2) is 11.5 Å². The molecule has 2 fully saturated rings. The van der Waals surface area contributed by atoms with Gasteiger partial charge in [-0.15, -0.1) is 0 Å². The van der Waals surface area contributed by atoms with Gasteiger partial charge in [-0.25, -0.2) is 0 Å². The molecule has 1 heterocycles. The number of ether oxygens (including phenoxy) is 2. The number of likely N-dealkylation sites (tertiary alicyclic amines) is 1. The lowest BCUT2D eigenvalue weighted by Gasteiger charge is -2.32. The number of carbonyl (C=O) groups is 2. The van der Waals surface area contributed by atoms with Crippen LogP contribution in [-0.4, -0.2) is 49.2 Å². The number of amides is 1. The standard InChI is InChI=1S/C17H20BrNO5/c1-23-13-8-10(7-12(18)14(13)24-2)15(20)19-5-3-17(4-6-19)9-11(17)16(21)22/h7-8,11H,3-6,9H2,1-2H3,(H,21,22). The van der Waals surface area contributed by atoms with Crippen molar-refractivity contribution >= 4 is 27.8 Å². The van der Waals surface area contributed by atoms with E-state index in [0.717, 1.165) is 19.3 Å². The Morgan fingerprint density at radius 1 is 1.25 bits per heavy atom. The monoisotopic (exact) mass is 397 g/mol. The van der Waals surface area contributed by atoms with Crippen LogP contribution in [-0.2, 0) is 4.79 Å². The summed E-state index contributed by atoms with van der Waals surface area (Å²) in [5.74, 6) is 0.0355. The maximum atomic E-state index is 12.8. The number of halogens is 1. The van der Waals surface area contributed by atoms with Gasteiger partial charge in [-0.3, -0.25) is 9.59 Å². The lowest BCUT2D eigenvalue weighted by atomic mass is 9.90. The van der Waals surface area contributed by atoms with Gasteiger partial charge in [0.25, 0.3) is 5.91 Å². The van der Waals surface area contributed by atoms with Crippen LogP contribution in [0, 0.1) is 11.3 Å².